The lowest BCUT2D eigenvalue weighted by atomic mass is 10.0. The summed E-state index contributed by atoms with van der Waals surface area (Å²) in [6.07, 6.45) is 2.10. The first-order chi connectivity index (χ1) is 8.52. The van der Waals surface area contributed by atoms with E-state index in [4.69, 9.17) is 10.9 Å². The van der Waals surface area contributed by atoms with Crippen molar-refractivity contribution in [3.63, 3.8) is 0 Å². The monoisotopic (exact) mass is 292 g/mol. The first kappa shape index (κ1) is 15.7. The summed E-state index contributed by atoms with van der Waals surface area (Å²) < 4.78 is 24.7. The number of amides is 1. The van der Waals surface area contributed by atoms with Gasteiger partial charge in [0.25, 0.3) is 0 Å². The Morgan fingerprint density at radius 1 is 1.47 bits per heavy atom. The fraction of sp³-hybridized carbons (Fsp3) is 0.800. The molecule has 1 aliphatic carbocycles. The highest BCUT2D eigenvalue weighted by Gasteiger charge is 2.54. The zero-order valence-electron chi connectivity index (χ0n) is 11.2. The molecule has 0 heterocycles. The van der Waals surface area contributed by atoms with Crippen molar-refractivity contribution in [2.24, 2.45) is 16.3 Å². The number of carbonyl (C=O) groups excluding carboxylic acids is 1. The van der Waals surface area contributed by atoms with Crippen molar-refractivity contribution in [3.8, 4) is 0 Å². The van der Waals surface area contributed by atoms with Crippen LogP contribution in [0.1, 0.15) is 26.7 Å². The summed E-state index contributed by atoms with van der Waals surface area (Å²) in [6, 6.07) is 0. The first-order valence-corrected chi connectivity index (χ1v) is 7.67. The molecule has 19 heavy (non-hydrogen) atoms. The van der Waals surface area contributed by atoms with E-state index in [1.807, 2.05) is 0 Å². The van der Waals surface area contributed by atoms with Crippen molar-refractivity contribution in [1.82, 2.24) is 10.0 Å². The Balaban J connectivity index is 2.61. The Bertz CT molecular complexity index is 494. The minimum absolute atomic E-state index is 0.110. The van der Waals surface area contributed by atoms with Crippen LogP contribution in [0, 0.1) is 5.41 Å². The van der Waals surface area contributed by atoms with Crippen molar-refractivity contribution >= 4 is 21.8 Å². The Morgan fingerprint density at radius 3 is 2.37 bits per heavy atom. The largest absolute Gasteiger partial charge is 0.409 e. The number of amidine groups is 1. The van der Waals surface area contributed by atoms with E-state index in [1.165, 1.54) is 0 Å². The zero-order chi connectivity index (χ0) is 14.9. The number of sulfonamides is 1. The van der Waals surface area contributed by atoms with Gasteiger partial charge >= 0.3 is 0 Å². The quantitative estimate of drug-likeness (QED) is 0.215. The van der Waals surface area contributed by atoms with Crippen molar-refractivity contribution in [1.29, 1.82) is 0 Å². The average molecular weight is 292 g/mol. The summed E-state index contributed by atoms with van der Waals surface area (Å²) in [5, 5.41) is 14.1. The molecule has 8 nitrogen and oxygen atoms in total. The van der Waals surface area contributed by atoms with Crippen LogP contribution in [0.5, 0.6) is 0 Å². The molecule has 0 aliphatic heterocycles. The van der Waals surface area contributed by atoms with Gasteiger partial charge in [0.05, 0.1) is 6.26 Å². The predicted octanol–water partition coefficient (Wildman–Crippen LogP) is -1.04. The second-order valence-electron chi connectivity index (χ2n) is 5.51. The van der Waals surface area contributed by atoms with Crippen molar-refractivity contribution in [2.75, 3.05) is 12.8 Å². The van der Waals surface area contributed by atoms with Gasteiger partial charge in [0.2, 0.25) is 15.9 Å². The summed E-state index contributed by atoms with van der Waals surface area (Å²) in [7, 11) is -3.36. The van der Waals surface area contributed by atoms with Crippen LogP contribution in [0.4, 0.5) is 0 Å². The average Bonchev–Trinajstić information content (AvgIpc) is 3.02. The Kier molecular flexibility index (Phi) is 4.11. The molecule has 1 fully saturated rings. The SMILES string of the molecule is CC(C)(CNC(=O)C1(C(N)=NO)CC1)NS(C)(=O)=O. The maximum Gasteiger partial charge on any atom is 0.234 e. The molecule has 0 aromatic rings. The molecule has 0 aromatic heterocycles. The third-order valence-corrected chi connectivity index (χ3v) is 3.86. The topological polar surface area (TPSA) is 134 Å². The Morgan fingerprint density at radius 2 is 2.00 bits per heavy atom. The van der Waals surface area contributed by atoms with E-state index >= 15 is 0 Å². The van der Waals surface area contributed by atoms with E-state index in [2.05, 4.69) is 15.2 Å². The van der Waals surface area contributed by atoms with E-state index < -0.39 is 21.0 Å². The zero-order valence-corrected chi connectivity index (χ0v) is 12.0. The lowest BCUT2D eigenvalue weighted by Gasteiger charge is -2.26. The van der Waals surface area contributed by atoms with Crippen LogP contribution in [0.15, 0.2) is 5.16 Å². The number of hydrogen-bond acceptors (Lipinski definition) is 5. The third kappa shape index (κ3) is 4.06. The molecule has 0 radical (unpaired) electrons. The standard InChI is InChI=1S/C10H20N4O4S/c1-9(2,14-19(3,17)18)6-12-8(15)10(4-5-10)7(11)13-16/h14,16H,4-6H2,1-3H3,(H2,11,13)(H,12,15). The van der Waals surface area contributed by atoms with Crippen LogP contribution in [-0.4, -0.2) is 43.7 Å². The molecule has 1 saturated carbocycles. The summed E-state index contributed by atoms with van der Waals surface area (Å²) in [4.78, 5) is 12.0. The van der Waals surface area contributed by atoms with Crippen LogP contribution >= 0.6 is 0 Å². The summed E-state index contributed by atoms with van der Waals surface area (Å²) >= 11 is 0. The maximum absolute atomic E-state index is 12.0. The minimum atomic E-state index is -3.36. The van der Waals surface area contributed by atoms with E-state index in [-0.39, 0.29) is 18.3 Å². The Labute approximate surface area is 112 Å². The predicted molar refractivity (Wildman–Crippen MR) is 70.1 cm³/mol. The van der Waals surface area contributed by atoms with Crippen LogP contribution in [0.25, 0.3) is 0 Å². The van der Waals surface area contributed by atoms with Gasteiger partial charge in [-0.3, -0.25) is 4.79 Å². The maximum atomic E-state index is 12.0. The molecule has 1 aliphatic rings. The van der Waals surface area contributed by atoms with Gasteiger partial charge in [-0.1, -0.05) is 5.16 Å². The van der Waals surface area contributed by atoms with E-state index in [0.717, 1.165) is 6.26 Å². The number of nitrogens with zero attached hydrogens (tertiary/aromatic N) is 1. The molecule has 0 aromatic carbocycles. The fourth-order valence-corrected chi connectivity index (χ4v) is 2.90. The number of rotatable bonds is 6. The van der Waals surface area contributed by atoms with Gasteiger partial charge in [-0.05, 0) is 26.7 Å². The number of carbonyl (C=O) groups is 1. The number of hydrogen-bond donors (Lipinski definition) is 4. The van der Waals surface area contributed by atoms with Gasteiger partial charge < -0.3 is 16.3 Å². The number of nitrogens with one attached hydrogen (secondary N) is 2. The molecule has 5 N–H and O–H groups in total. The fourth-order valence-electron chi connectivity index (χ4n) is 1.83. The lowest BCUT2D eigenvalue weighted by molar-refractivity contribution is -0.124. The van der Waals surface area contributed by atoms with Crippen LogP contribution in [-0.2, 0) is 14.8 Å². The van der Waals surface area contributed by atoms with Gasteiger partial charge in [0, 0.05) is 12.1 Å². The Hall–Kier alpha value is -1.35. The summed E-state index contributed by atoms with van der Waals surface area (Å²) in [6.45, 7) is 3.41. The van der Waals surface area contributed by atoms with Crippen molar-refractivity contribution < 1.29 is 18.4 Å². The van der Waals surface area contributed by atoms with Crippen molar-refractivity contribution in [2.45, 2.75) is 32.2 Å². The molecule has 9 heteroatoms. The third-order valence-electron chi connectivity index (χ3n) is 2.94. The van der Waals surface area contributed by atoms with Gasteiger partial charge in [-0.2, -0.15) is 0 Å². The molecule has 0 bridgehead atoms. The highest BCUT2D eigenvalue weighted by molar-refractivity contribution is 7.88. The van der Waals surface area contributed by atoms with E-state index in [1.54, 1.807) is 13.8 Å². The molecule has 0 atom stereocenters. The molecular weight excluding hydrogens is 272 g/mol. The molecular formula is C10H20N4O4S. The molecule has 0 saturated heterocycles. The molecule has 0 spiro atoms. The highest BCUT2D eigenvalue weighted by Crippen LogP contribution is 2.46. The highest BCUT2D eigenvalue weighted by atomic mass is 32.2. The first-order valence-electron chi connectivity index (χ1n) is 5.78. The van der Waals surface area contributed by atoms with Crippen LogP contribution < -0.4 is 15.8 Å². The van der Waals surface area contributed by atoms with Gasteiger partial charge in [0.1, 0.15) is 5.41 Å². The second-order valence-corrected chi connectivity index (χ2v) is 7.26. The molecule has 1 rings (SSSR count). The van der Waals surface area contributed by atoms with Gasteiger partial charge in [0.15, 0.2) is 5.84 Å². The minimum Gasteiger partial charge on any atom is -0.409 e. The smallest absolute Gasteiger partial charge is 0.234 e. The molecule has 1 amide bonds. The number of oxime groups is 1. The van der Waals surface area contributed by atoms with Crippen LogP contribution in [0.3, 0.4) is 0 Å². The van der Waals surface area contributed by atoms with Crippen molar-refractivity contribution in [3.05, 3.63) is 0 Å². The van der Waals surface area contributed by atoms with Gasteiger partial charge in [-0.15, -0.1) is 0 Å². The van der Waals surface area contributed by atoms with E-state index in [0.29, 0.717) is 12.8 Å². The normalized spacial score (nSPS) is 19.0. The lowest BCUT2D eigenvalue weighted by Crippen LogP contribution is -2.53. The molecule has 0 unspecified atom stereocenters. The second kappa shape index (κ2) is 4.97. The van der Waals surface area contributed by atoms with E-state index in [9.17, 15) is 13.2 Å². The van der Waals surface area contributed by atoms with Crippen LogP contribution in [0.2, 0.25) is 0 Å². The summed E-state index contributed by atoms with van der Waals surface area (Å²) in [5.41, 5.74) is 3.73. The summed E-state index contributed by atoms with van der Waals surface area (Å²) in [5.74, 6) is -0.468. The molecule has 110 valence electrons. The number of nitrogens with two attached hydrogens (primary N) is 1. The van der Waals surface area contributed by atoms with Gasteiger partial charge in [-0.25, -0.2) is 13.1 Å².